The van der Waals surface area contributed by atoms with E-state index in [1.165, 1.54) is 11.1 Å². The maximum atomic E-state index is 3.75. The lowest BCUT2D eigenvalue weighted by Crippen LogP contribution is -2.38. The molecule has 20 heavy (non-hydrogen) atoms. The molecule has 2 heteroatoms. The van der Waals surface area contributed by atoms with Crippen LogP contribution in [0.2, 0.25) is 0 Å². The first-order valence-electron chi connectivity index (χ1n) is 7.27. The van der Waals surface area contributed by atoms with Gasteiger partial charge in [0, 0.05) is 23.3 Å². The van der Waals surface area contributed by atoms with E-state index >= 15 is 0 Å². The van der Waals surface area contributed by atoms with Gasteiger partial charge in [-0.3, -0.25) is 0 Å². The van der Waals surface area contributed by atoms with E-state index in [4.69, 9.17) is 0 Å². The Bertz CT molecular complexity index is 467. The van der Waals surface area contributed by atoms with Crippen molar-refractivity contribution < 1.29 is 0 Å². The Hall–Kier alpha value is -1.54. The fourth-order valence-corrected chi connectivity index (χ4v) is 2.17. The summed E-state index contributed by atoms with van der Waals surface area (Å²) >= 11 is 0. The fraction of sp³-hybridized carbons (Fsp3) is 0.444. The van der Waals surface area contributed by atoms with Gasteiger partial charge in [-0.1, -0.05) is 37.8 Å². The Morgan fingerprint density at radius 2 is 2.00 bits per heavy atom. The van der Waals surface area contributed by atoms with E-state index in [1.54, 1.807) is 6.20 Å². The van der Waals surface area contributed by atoms with Crippen LogP contribution < -0.4 is 10.6 Å². The average Bonchev–Trinajstić information content (AvgIpc) is 2.37. The average molecular weight is 272 g/mol. The van der Waals surface area contributed by atoms with Crippen molar-refractivity contribution in [2.45, 2.75) is 46.1 Å². The number of allylic oxidation sites excluding steroid dienone is 1. The predicted molar refractivity (Wildman–Crippen MR) is 91.1 cm³/mol. The molecule has 2 nitrogen and oxygen atoms in total. The monoisotopic (exact) mass is 272 g/mol. The third kappa shape index (κ3) is 4.86. The summed E-state index contributed by atoms with van der Waals surface area (Å²) in [5.41, 5.74) is 3.86. The summed E-state index contributed by atoms with van der Waals surface area (Å²) in [5.74, 6) is 0.451. The molecule has 0 fully saturated rings. The summed E-state index contributed by atoms with van der Waals surface area (Å²) in [6.07, 6.45) is 5.97. The molecule has 1 aromatic rings. The van der Waals surface area contributed by atoms with Crippen LogP contribution in [-0.4, -0.2) is 12.1 Å². The maximum absolute atomic E-state index is 3.75. The van der Waals surface area contributed by atoms with E-state index in [1.807, 2.05) is 6.92 Å². The van der Waals surface area contributed by atoms with Crippen LogP contribution in [0, 0.1) is 0 Å². The summed E-state index contributed by atoms with van der Waals surface area (Å²) in [5, 5.41) is 6.80. The normalized spacial score (nSPS) is 13.4. The Labute approximate surface area is 124 Å². The van der Waals surface area contributed by atoms with Crippen molar-refractivity contribution >= 4 is 11.8 Å². The second kappa shape index (κ2) is 7.30. The molecular weight excluding hydrogens is 244 g/mol. The number of benzene rings is 1. The van der Waals surface area contributed by atoms with Gasteiger partial charge in [-0.15, -0.1) is 0 Å². The molecule has 0 amide bonds. The van der Waals surface area contributed by atoms with E-state index in [0.717, 1.165) is 12.2 Å². The van der Waals surface area contributed by atoms with E-state index in [0.29, 0.717) is 5.92 Å². The fourth-order valence-electron chi connectivity index (χ4n) is 2.17. The number of anilines is 1. The van der Waals surface area contributed by atoms with Gasteiger partial charge in [0.2, 0.25) is 0 Å². The van der Waals surface area contributed by atoms with Gasteiger partial charge in [-0.2, -0.15) is 0 Å². The molecule has 2 N–H and O–H groups in total. The summed E-state index contributed by atoms with van der Waals surface area (Å²) in [4.78, 5) is 0. The minimum atomic E-state index is 0.145. The van der Waals surface area contributed by atoms with Crippen molar-refractivity contribution in [2.75, 3.05) is 11.9 Å². The van der Waals surface area contributed by atoms with Gasteiger partial charge in [0.25, 0.3) is 0 Å². The molecule has 0 saturated heterocycles. The number of hydrogen-bond acceptors (Lipinski definition) is 2. The molecule has 0 bridgehead atoms. The van der Waals surface area contributed by atoms with Gasteiger partial charge < -0.3 is 10.6 Å². The van der Waals surface area contributed by atoms with Crippen LogP contribution >= 0.6 is 0 Å². The van der Waals surface area contributed by atoms with Gasteiger partial charge in [-0.25, -0.2) is 0 Å². The first-order valence-corrected chi connectivity index (χ1v) is 7.27. The van der Waals surface area contributed by atoms with Crippen molar-refractivity contribution in [3.8, 4) is 0 Å². The van der Waals surface area contributed by atoms with Crippen LogP contribution in [-0.2, 0) is 0 Å². The second-order valence-corrected chi connectivity index (χ2v) is 6.19. The van der Waals surface area contributed by atoms with Gasteiger partial charge in [0.1, 0.15) is 0 Å². The van der Waals surface area contributed by atoms with Crippen LogP contribution in [0.15, 0.2) is 37.1 Å². The van der Waals surface area contributed by atoms with Crippen molar-refractivity contribution in [3.05, 3.63) is 48.2 Å². The highest BCUT2D eigenvalue weighted by atomic mass is 14.9. The zero-order valence-electron chi connectivity index (χ0n) is 13.5. The molecule has 0 aliphatic heterocycles. The molecule has 0 aliphatic carbocycles. The summed E-state index contributed by atoms with van der Waals surface area (Å²) in [6.45, 7) is 15.6. The van der Waals surface area contributed by atoms with E-state index in [9.17, 15) is 0 Å². The molecule has 110 valence electrons. The predicted octanol–water partition coefficient (Wildman–Crippen LogP) is 4.77. The van der Waals surface area contributed by atoms with Gasteiger partial charge in [0.05, 0.1) is 0 Å². The van der Waals surface area contributed by atoms with Gasteiger partial charge in [-0.05, 0) is 51.4 Å². The van der Waals surface area contributed by atoms with Crippen LogP contribution in [0.5, 0.6) is 0 Å². The summed E-state index contributed by atoms with van der Waals surface area (Å²) < 4.78 is 0. The lowest BCUT2D eigenvalue weighted by atomic mass is 9.93. The lowest BCUT2D eigenvalue weighted by molar-refractivity contribution is 0.412. The Balaban J connectivity index is 3.03. The first-order chi connectivity index (χ1) is 9.39. The molecule has 0 spiro atoms. The highest BCUT2D eigenvalue weighted by Gasteiger charge is 2.15. The molecule has 0 radical (unpaired) electrons. The molecule has 0 heterocycles. The lowest BCUT2D eigenvalue weighted by Gasteiger charge is -2.25. The standard InChI is InChI=1S/C18H28N2/c1-7-10-16-15(11-9-12-17(16)19-8-2)14(3)13-20-18(4,5)6/h7-12,14,19-20H,2,13H2,1,3-6H3/b10-7-. The molecule has 0 aliphatic rings. The molecule has 1 aromatic carbocycles. The van der Waals surface area contributed by atoms with E-state index in [-0.39, 0.29) is 5.54 Å². The molecule has 1 unspecified atom stereocenters. The van der Waals surface area contributed by atoms with Crippen molar-refractivity contribution in [1.29, 1.82) is 0 Å². The van der Waals surface area contributed by atoms with E-state index < -0.39 is 0 Å². The third-order valence-electron chi connectivity index (χ3n) is 3.20. The smallest absolute Gasteiger partial charge is 0.0455 e. The second-order valence-electron chi connectivity index (χ2n) is 6.19. The van der Waals surface area contributed by atoms with E-state index in [2.05, 4.69) is 75.3 Å². The Morgan fingerprint density at radius 3 is 2.55 bits per heavy atom. The van der Waals surface area contributed by atoms with Crippen LogP contribution in [0.1, 0.15) is 51.7 Å². The van der Waals surface area contributed by atoms with Crippen molar-refractivity contribution in [2.24, 2.45) is 0 Å². The highest BCUT2D eigenvalue weighted by molar-refractivity contribution is 5.70. The third-order valence-corrected chi connectivity index (χ3v) is 3.20. The number of nitrogens with one attached hydrogen (secondary N) is 2. The van der Waals surface area contributed by atoms with Crippen molar-refractivity contribution in [1.82, 2.24) is 5.32 Å². The topological polar surface area (TPSA) is 24.1 Å². The summed E-state index contributed by atoms with van der Waals surface area (Å²) in [6, 6.07) is 6.39. The van der Waals surface area contributed by atoms with Gasteiger partial charge in [0.15, 0.2) is 0 Å². The SMILES string of the molecule is C=CNc1cccc(C(C)CNC(C)(C)C)c1/C=C\C. The quantitative estimate of drug-likeness (QED) is 0.779. The van der Waals surface area contributed by atoms with Crippen LogP contribution in [0.3, 0.4) is 0 Å². The van der Waals surface area contributed by atoms with Crippen LogP contribution in [0.4, 0.5) is 5.69 Å². The van der Waals surface area contributed by atoms with Gasteiger partial charge >= 0.3 is 0 Å². The minimum Gasteiger partial charge on any atom is -0.362 e. The Kier molecular flexibility index (Phi) is 6.03. The molecule has 0 saturated carbocycles. The molecule has 1 rings (SSSR count). The zero-order valence-corrected chi connectivity index (χ0v) is 13.5. The molecular formula is C18H28N2. The maximum Gasteiger partial charge on any atom is 0.0455 e. The number of rotatable bonds is 6. The molecule has 0 aromatic heterocycles. The largest absolute Gasteiger partial charge is 0.362 e. The van der Waals surface area contributed by atoms with Crippen LogP contribution in [0.25, 0.3) is 6.08 Å². The Morgan fingerprint density at radius 1 is 1.30 bits per heavy atom. The van der Waals surface area contributed by atoms with Crippen molar-refractivity contribution in [3.63, 3.8) is 0 Å². The summed E-state index contributed by atoms with van der Waals surface area (Å²) in [7, 11) is 0. The number of hydrogen-bond donors (Lipinski definition) is 2. The minimum absolute atomic E-state index is 0.145. The first kappa shape index (κ1) is 16.5. The molecule has 1 atom stereocenters. The highest BCUT2D eigenvalue weighted by Crippen LogP contribution is 2.28. The zero-order chi connectivity index (χ0) is 15.2.